The average molecular weight is 339 g/mol. The number of aryl methyl sites for hydroxylation is 1. The van der Waals surface area contributed by atoms with Crippen molar-refractivity contribution in [2.75, 3.05) is 13.1 Å². The summed E-state index contributed by atoms with van der Waals surface area (Å²) in [5.41, 5.74) is 5.05. The first-order valence-corrected chi connectivity index (χ1v) is 9.20. The van der Waals surface area contributed by atoms with E-state index in [2.05, 4.69) is 19.1 Å². The summed E-state index contributed by atoms with van der Waals surface area (Å²) in [5.74, 6) is 0.218. The molecular formula is C20H25N3O2. The summed E-state index contributed by atoms with van der Waals surface area (Å²) in [5, 5.41) is 14.9. The monoisotopic (exact) mass is 339 g/mol. The van der Waals surface area contributed by atoms with E-state index in [9.17, 15) is 9.90 Å². The Balaban J connectivity index is 1.71. The van der Waals surface area contributed by atoms with Gasteiger partial charge < -0.3 is 10.0 Å². The van der Waals surface area contributed by atoms with Gasteiger partial charge >= 0.3 is 0 Å². The fourth-order valence-electron chi connectivity index (χ4n) is 3.99. The maximum atomic E-state index is 13.1. The summed E-state index contributed by atoms with van der Waals surface area (Å²) in [6.45, 7) is 5.22. The molecule has 25 heavy (non-hydrogen) atoms. The Morgan fingerprint density at radius 2 is 2.08 bits per heavy atom. The fraction of sp³-hybridized carbons (Fsp3) is 0.500. The number of aliphatic hydroxyl groups excluding tert-OH is 1. The molecule has 1 aromatic heterocycles. The molecule has 2 atom stereocenters. The number of carbonyl (C=O) groups is 1. The minimum Gasteiger partial charge on any atom is -0.391 e. The zero-order chi connectivity index (χ0) is 17.6. The fourth-order valence-corrected chi connectivity index (χ4v) is 3.99. The van der Waals surface area contributed by atoms with E-state index in [0.29, 0.717) is 18.8 Å². The number of rotatable bonds is 2. The van der Waals surface area contributed by atoms with E-state index >= 15 is 0 Å². The topological polar surface area (TPSA) is 58.4 Å². The molecule has 1 saturated heterocycles. The molecule has 1 N–H and O–H groups in total. The summed E-state index contributed by atoms with van der Waals surface area (Å²) in [6, 6.07) is 8.16. The summed E-state index contributed by atoms with van der Waals surface area (Å²) >= 11 is 0. The second kappa shape index (κ2) is 6.30. The lowest BCUT2D eigenvalue weighted by molar-refractivity contribution is 0.0244. The number of hydrogen-bond donors (Lipinski definition) is 1. The van der Waals surface area contributed by atoms with E-state index in [1.807, 2.05) is 23.7 Å². The van der Waals surface area contributed by atoms with E-state index in [-0.39, 0.29) is 11.8 Å². The van der Waals surface area contributed by atoms with Crippen molar-refractivity contribution in [2.24, 2.45) is 5.92 Å². The SMILES string of the molecule is Cc1ccccc1-n1nc(C(=O)N2CC[C@@H](C)[C@@H](O)C2)c2c1CCC2. The van der Waals surface area contributed by atoms with Crippen LogP contribution in [0.15, 0.2) is 24.3 Å². The molecule has 1 amide bonds. The first-order chi connectivity index (χ1) is 12.1. The van der Waals surface area contributed by atoms with Crippen LogP contribution in [0.2, 0.25) is 0 Å². The highest BCUT2D eigenvalue weighted by Crippen LogP contribution is 2.30. The van der Waals surface area contributed by atoms with Crippen LogP contribution in [0.3, 0.4) is 0 Å². The van der Waals surface area contributed by atoms with Gasteiger partial charge in [-0.05, 0) is 50.2 Å². The van der Waals surface area contributed by atoms with Crippen LogP contribution < -0.4 is 0 Å². The number of benzene rings is 1. The van der Waals surface area contributed by atoms with Crippen LogP contribution in [0, 0.1) is 12.8 Å². The van der Waals surface area contributed by atoms with Crippen molar-refractivity contribution >= 4 is 5.91 Å². The Bertz CT molecular complexity index is 811. The molecule has 1 aliphatic carbocycles. The van der Waals surface area contributed by atoms with Crippen molar-refractivity contribution in [3.8, 4) is 5.69 Å². The summed E-state index contributed by atoms with van der Waals surface area (Å²) in [6.07, 6.45) is 3.34. The molecule has 2 heterocycles. The quantitative estimate of drug-likeness (QED) is 0.915. The Kier molecular flexibility index (Phi) is 4.12. The van der Waals surface area contributed by atoms with E-state index < -0.39 is 6.10 Å². The van der Waals surface area contributed by atoms with E-state index in [0.717, 1.165) is 42.5 Å². The summed E-state index contributed by atoms with van der Waals surface area (Å²) < 4.78 is 1.97. The molecule has 5 nitrogen and oxygen atoms in total. The standard InChI is InChI=1S/C20H25N3O2/c1-13-6-3-4-8-16(13)23-17-9-5-7-15(17)19(21-23)20(25)22-11-10-14(2)18(24)12-22/h3-4,6,8,14,18,24H,5,7,9-12H2,1-2H3/t14-,18+/m1/s1. The van der Waals surface area contributed by atoms with Gasteiger partial charge in [0.25, 0.3) is 5.91 Å². The molecule has 132 valence electrons. The molecule has 0 spiro atoms. The van der Waals surface area contributed by atoms with Gasteiger partial charge in [-0.25, -0.2) is 4.68 Å². The maximum Gasteiger partial charge on any atom is 0.274 e. The predicted molar refractivity (Wildman–Crippen MR) is 96.0 cm³/mol. The molecule has 4 rings (SSSR count). The van der Waals surface area contributed by atoms with Gasteiger partial charge in [0.05, 0.1) is 11.8 Å². The van der Waals surface area contributed by atoms with Crippen LogP contribution in [0.4, 0.5) is 0 Å². The maximum absolute atomic E-state index is 13.1. The summed E-state index contributed by atoms with van der Waals surface area (Å²) in [7, 11) is 0. The number of amides is 1. The van der Waals surface area contributed by atoms with E-state index in [4.69, 9.17) is 5.10 Å². The highest BCUT2D eigenvalue weighted by atomic mass is 16.3. The highest BCUT2D eigenvalue weighted by molar-refractivity contribution is 5.94. The minimum atomic E-state index is -0.441. The van der Waals surface area contributed by atoms with Crippen molar-refractivity contribution in [1.29, 1.82) is 0 Å². The second-order valence-corrected chi connectivity index (χ2v) is 7.41. The lowest BCUT2D eigenvalue weighted by Gasteiger charge is -2.34. The van der Waals surface area contributed by atoms with Gasteiger partial charge in [-0.1, -0.05) is 25.1 Å². The molecular weight excluding hydrogens is 314 g/mol. The number of piperidine rings is 1. The van der Waals surface area contributed by atoms with Crippen LogP contribution in [0.5, 0.6) is 0 Å². The third-order valence-electron chi connectivity index (χ3n) is 5.68. The second-order valence-electron chi connectivity index (χ2n) is 7.41. The predicted octanol–water partition coefficient (Wildman–Crippen LogP) is 2.51. The van der Waals surface area contributed by atoms with Crippen LogP contribution in [-0.4, -0.2) is 44.9 Å². The van der Waals surface area contributed by atoms with Crippen LogP contribution in [-0.2, 0) is 12.8 Å². The number of aliphatic hydroxyl groups is 1. The molecule has 0 bridgehead atoms. The number of β-amino-alcohol motifs (C(OH)–C–C–N with tert-alkyl or cyclic N) is 1. The normalized spacial score (nSPS) is 22.9. The Hall–Kier alpha value is -2.14. The van der Waals surface area contributed by atoms with Crippen LogP contribution in [0.25, 0.3) is 5.69 Å². The lowest BCUT2D eigenvalue weighted by Crippen LogP contribution is -2.46. The van der Waals surface area contributed by atoms with Gasteiger partial charge in [0, 0.05) is 24.3 Å². The molecule has 5 heteroatoms. The Labute approximate surface area is 148 Å². The number of para-hydroxylation sites is 1. The first kappa shape index (κ1) is 16.3. The molecule has 1 fully saturated rings. The zero-order valence-electron chi connectivity index (χ0n) is 14.9. The number of fused-ring (bicyclic) bond motifs is 1. The molecule has 2 aromatic rings. The Morgan fingerprint density at radius 3 is 2.84 bits per heavy atom. The molecule has 1 aliphatic heterocycles. The first-order valence-electron chi connectivity index (χ1n) is 9.20. The lowest BCUT2D eigenvalue weighted by atomic mass is 9.95. The smallest absolute Gasteiger partial charge is 0.274 e. The third-order valence-corrected chi connectivity index (χ3v) is 5.68. The third kappa shape index (κ3) is 2.76. The number of hydrogen-bond acceptors (Lipinski definition) is 3. The van der Waals surface area contributed by atoms with Crippen molar-refractivity contribution in [3.05, 3.63) is 46.8 Å². The van der Waals surface area contributed by atoms with Gasteiger partial charge in [-0.15, -0.1) is 0 Å². The van der Waals surface area contributed by atoms with Gasteiger partial charge in [-0.2, -0.15) is 5.10 Å². The van der Waals surface area contributed by atoms with Gasteiger partial charge in [0.2, 0.25) is 0 Å². The zero-order valence-corrected chi connectivity index (χ0v) is 14.9. The van der Waals surface area contributed by atoms with Crippen molar-refractivity contribution in [2.45, 2.75) is 45.6 Å². The molecule has 0 unspecified atom stereocenters. The molecule has 0 saturated carbocycles. The van der Waals surface area contributed by atoms with Crippen LogP contribution in [0.1, 0.15) is 47.1 Å². The highest BCUT2D eigenvalue weighted by Gasteiger charge is 2.33. The molecule has 0 radical (unpaired) electrons. The number of nitrogens with zero attached hydrogens (tertiary/aromatic N) is 3. The number of carbonyl (C=O) groups excluding carboxylic acids is 1. The van der Waals surface area contributed by atoms with E-state index in [1.54, 1.807) is 4.90 Å². The number of aromatic nitrogens is 2. The van der Waals surface area contributed by atoms with Gasteiger partial charge in [-0.3, -0.25) is 4.79 Å². The van der Waals surface area contributed by atoms with Crippen molar-refractivity contribution < 1.29 is 9.90 Å². The van der Waals surface area contributed by atoms with Gasteiger partial charge in [0.1, 0.15) is 0 Å². The van der Waals surface area contributed by atoms with Crippen molar-refractivity contribution in [3.63, 3.8) is 0 Å². The summed E-state index contributed by atoms with van der Waals surface area (Å²) in [4.78, 5) is 14.9. The molecule has 2 aliphatic rings. The number of likely N-dealkylation sites (tertiary alicyclic amines) is 1. The Morgan fingerprint density at radius 1 is 1.28 bits per heavy atom. The molecule has 1 aromatic carbocycles. The van der Waals surface area contributed by atoms with E-state index in [1.165, 1.54) is 5.69 Å². The van der Waals surface area contributed by atoms with Crippen LogP contribution >= 0.6 is 0 Å². The minimum absolute atomic E-state index is 0.0311. The van der Waals surface area contributed by atoms with Crippen molar-refractivity contribution in [1.82, 2.24) is 14.7 Å². The van der Waals surface area contributed by atoms with Gasteiger partial charge in [0.15, 0.2) is 5.69 Å². The largest absolute Gasteiger partial charge is 0.391 e. The average Bonchev–Trinajstić information content (AvgIpc) is 3.20.